The molecule has 1 aromatic carbocycles. The molecule has 6 nitrogen and oxygen atoms in total. The van der Waals surface area contributed by atoms with Gasteiger partial charge < -0.3 is 14.8 Å². The summed E-state index contributed by atoms with van der Waals surface area (Å²) in [5.74, 6) is 0. The molecule has 1 aromatic rings. The fraction of sp³-hybridized carbons (Fsp3) is 0.600. The highest BCUT2D eigenvalue weighted by Gasteiger charge is 2.27. The summed E-state index contributed by atoms with van der Waals surface area (Å²) < 4.78 is 11.5. The van der Waals surface area contributed by atoms with Crippen LogP contribution in [0.4, 0.5) is 5.69 Å². The molecule has 2 rings (SSSR count). The quantitative estimate of drug-likeness (QED) is 0.359. The average Bonchev–Trinajstić information content (AvgIpc) is 2.67. The number of non-ortho nitro benzene ring substituents is 1. The van der Waals surface area contributed by atoms with Crippen molar-refractivity contribution in [2.45, 2.75) is 31.4 Å². The second kappa shape index (κ2) is 8.01. The fourth-order valence-electron chi connectivity index (χ4n) is 2.89. The van der Waals surface area contributed by atoms with Gasteiger partial charge in [-0.3, -0.25) is 10.1 Å². The Hall–Kier alpha value is -1.02. The largest absolute Gasteiger partial charge is 0.383 e. The van der Waals surface area contributed by atoms with Crippen molar-refractivity contribution in [2.75, 3.05) is 27.4 Å². The predicted molar refractivity (Wildman–Crippen MR) is 87.2 cm³/mol. The Morgan fingerprint density at radius 3 is 2.86 bits per heavy atom. The molecule has 0 amide bonds. The maximum Gasteiger partial charge on any atom is 0.270 e. The molecule has 7 heteroatoms. The minimum atomic E-state index is -0.364. The van der Waals surface area contributed by atoms with Crippen molar-refractivity contribution in [3.63, 3.8) is 0 Å². The van der Waals surface area contributed by atoms with Crippen LogP contribution in [0.5, 0.6) is 0 Å². The molecule has 0 aliphatic heterocycles. The zero-order valence-electron chi connectivity index (χ0n) is 12.8. The lowest BCUT2D eigenvalue weighted by Gasteiger charge is -2.21. The van der Waals surface area contributed by atoms with E-state index in [9.17, 15) is 10.1 Å². The topological polar surface area (TPSA) is 73.6 Å². The van der Waals surface area contributed by atoms with Crippen molar-refractivity contribution in [1.82, 2.24) is 5.32 Å². The number of nitro groups is 1. The predicted octanol–water partition coefficient (Wildman–Crippen LogP) is 2.99. The summed E-state index contributed by atoms with van der Waals surface area (Å²) in [5.41, 5.74) is 2.12. The van der Waals surface area contributed by atoms with E-state index in [1.54, 1.807) is 26.4 Å². The van der Waals surface area contributed by atoms with Crippen LogP contribution in [0.15, 0.2) is 16.6 Å². The van der Waals surface area contributed by atoms with Gasteiger partial charge in [-0.2, -0.15) is 0 Å². The van der Waals surface area contributed by atoms with Crippen molar-refractivity contribution in [3.05, 3.63) is 37.8 Å². The zero-order valence-corrected chi connectivity index (χ0v) is 14.4. The molecule has 0 fully saturated rings. The minimum Gasteiger partial charge on any atom is -0.383 e. The number of methoxy groups -OCH3 is 2. The molecule has 0 saturated carbocycles. The van der Waals surface area contributed by atoms with Gasteiger partial charge in [-0.05, 0) is 30.4 Å². The molecule has 122 valence electrons. The number of halogens is 1. The third-order valence-electron chi connectivity index (χ3n) is 4.04. The van der Waals surface area contributed by atoms with E-state index < -0.39 is 0 Å². The Bertz CT molecular complexity index is 539. The smallest absolute Gasteiger partial charge is 0.270 e. The molecule has 2 atom stereocenters. The Morgan fingerprint density at radius 1 is 1.45 bits per heavy atom. The molecule has 0 spiro atoms. The van der Waals surface area contributed by atoms with E-state index in [0.717, 1.165) is 41.4 Å². The van der Waals surface area contributed by atoms with E-state index in [-0.39, 0.29) is 16.7 Å². The fourth-order valence-corrected chi connectivity index (χ4v) is 3.56. The van der Waals surface area contributed by atoms with Gasteiger partial charge in [0.05, 0.1) is 17.6 Å². The van der Waals surface area contributed by atoms with Crippen LogP contribution in [-0.4, -0.2) is 38.3 Å². The number of rotatable bonds is 6. The number of nitrogens with one attached hydrogen (secondary N) is 1. The first-order valence-electron chi connectivity index (χ1n) is 7.28. The number of nitrogens with zero attached hydrogens (tertiary/aromatic N) is 1. The highest BCUT2D eigenvalue weighted by atomic mass is 79.9. The van der Waals surface area contributed by atoms with Crippen LogP contribution in [0.3, 0.4) is 0 Å². The van der Waals surface area contributed by atoms with E-state index in [4.69, 9.17) is 9.47 Å². The number of hydrogen-bond donors (Lipinski definition) is 1. The van der Waals surface area contributed by atoms with Crippen molar-refractivity contribution in [3.8, 4) is 0 Å². The first-order valence-corrected chi connectivity index (χ1v) is 8.08. The van der Waals surface area contributed by atoms with Crippen LogP contribution >= 0.6 is 15.9 Å². The van der Waals surface area contributed by atoms with Crippen molar-refractivity contribution in [1.29, 1.82) is 0 Å². The second-order valence-corrected chi connectivity index (χ2v) is 6.25. The molecule has 22 heavy (non-hydrogen) atoms. The van der Waals surface area contributed by atoms with Gasteiger partial charge in [0.25, 0.3) is 5.69 Å². The number of benzene rings is 1. The first-order chi connectivity index (χ1) is 10.6. The van der Waals surface area contributed by atoms with Crippen LogP contribution in [0.25, 0.3) is 0 Å². The molecule has 1 aliphatic rings. The Kier molecular flexibility index (Phi) is 6.31. The zero-order chi connectivity index (χ0) is 16.1. The van der Waals surface area contributed by atoms with Gasteiger partial charge >= 0.3 is 0 Å². The van der Waals surface area contributed by atoms with Crippen LogP contribution in [0.1, 0.15) is 30.1 Å². The van der Waals surface area contributed by atoms with Crippen LogP contribution in [0, 0.1) is 10.1 Å². The molecule has 0 radical (unpaired) electrons. The van der Waals surface area contributed by atoms with Gasteiger partial charge in [0, 0.05) is 43.4 Å². The summed E-state index contributed by atoms with van der Waals surface area (Å²) in [4.78, 5) is 10.7. The van der Waals surface area contributed by atoms with E-state index in [1.165, 1.54) is 0 Å². The number of nitro benzene ring substituents is 1. The summed E-state index contributed by atoms with van der Waals surface area (Å²) in [5, 5.41) is 14.5. The van der Waals surface area contributed by atoms with Crippen molar-refractivity contribution < 1.29 is 14.4 Å². The van der Waals surface area contributed by atoms with Crippen molar-refractivity contribution in [2.24, 2.45) is 0 Å². The number of ether oxygens (including phenoxy) is 2. The lowest BCUT2D eigenvalue weighted by Crippen LogP contribution is -2.33. The Labute approximate surface area is 138 Å². The third-order valence-corrected chi connectivity index (χ3v) is 4.75. The van der Waals surface area contributed by atoms with E-state index in [0.29, 0.717) is 12.6 Å². The lowest BCUT2D eigenvalue weighted by atomic mass is 10.00. The van der Waals surface area contributed by atoms with Gasteiger partial charge in [-0.15, -0.1) is 0 Å². The summed E-state index contributed by atoms with van der Waals surface area (Å²) in [6, 6.07) is 3.52. The maximum absolute atomic E-state index is 11.1. The normalized spacial score (nSPS) is 21.2. The summed E-state index contributed by atoms with van der Waals surface area (Å²) >= 11 is 3.48. The van der Waals surface area contributed by atoms with Crippen molar-refractivity contribution >= 4 is 21.6 Å². The number of hydrogen-bond acceptors (Lipinski definition) is 5. The van der Waals surface area contributed by atoms with E-state index >= 15 is 0 Å². The van der Waals surface area contributed by atoms with E-state index in [2.05, 4.69) is 21.2 Å². The Balaban J connectivity index is 2.25. The molecule has 0 saturated heterocycles. The molecular formula is C15H21BrN2O4. The summed E-state index contributed by atoms with van der Waals surface area (Å²) in [7, 11) is 3.33. The van der Waals surface area contributed by atoms with Crippen LogP contribution < -0.4 is 5.32 Å². The minimum absolute atomic E-state index is 0.0958. The molecule has 0 bridgehead atoms. The van der Waals surface area contributed by atoms with Crippen LogP contribution in [0.2, 0.25) is 0 Å². The second-order valence-electron chi connectivity index (χ2n) is 5.40. The molecule has 1 N–H and O–H groups in total. The number of fused-ring (bicyclic) bond motifs is 1. The highest BCUT2D eigenvalue weighted by Crippen LogP contribution is 2.37. The SMILES string of the molecule is COCCNC1CCc2c(Br)cc([N+](=O)[O-])cc2C(OC)C1. The molecule has 0 heterocycles. The van der Waals surface area contributed by atoms with Gasteiger partial charge in [-0.1, -0.05) is 15.9 Å². The average molecular weight is 373 g/mol. The third kappa shape index (κ3) is 4.04. The van der Waals surface area contributed by atoms with Crippen LogP contribution in [-0.2, 0) is 15.9 Å². The summed E-state index contributed by atoms with van der Waals surface area (Å²) in [6.45, 7) is 1.45. The van der Waals surface area contributed by atoms with Gasteiger partial charge in [0.1, 0.15) is 0 Å². The standard InChI is InChI=1S/C15H21BrN2O4/c1-21-6-5-17-10-3-4-12-13(15(7-10)22-2)8-11(18(19)20)9-14(12)16/h8-10,15,17H,3-7H2,1-2H3. The first kappa shape index (κ1) is 17.3. The van der Waals surface area contributed by atoms with Gasteiger partial charge in [-0.25, -0.2) is 0 Å². The van der Waals surface area contributed by atoms with Gasteiger partial charge in [0.15, 0.2) is 0 Å². The molecule has 0 aromatic heterocycles. The highest BCUT2D eigenvalue weighted by molar-refractivity contribution is 9.10. The molecule has 2 unspecified atom stereocenters. The Morgan fingerprint density at radius 2 is 2.23 bits per heavy atom. The molecule has 1 aliphatic carbocycles. The summed E-state index contributed by atoms with van der Waals surface area (Å²) in [6.07, 6.45) is 2.47. The maximum atomic E-state index is 11.1. The monoisotopic (exact) mass is 372 g/mol. The van der Waals surface area contributed by atoms with Gasteiger partial charge in [0.2, 0.25) is 0 Å². The van der Waals surface area contributed by atoms with E-state index in [1.807, 2.05) is 0 Å². The molecular weight excluding hydrogens is 352 g/mol. The lowest BCUT2D eigenvalue weighted by molar-refractivity contribution is -0.385.